The normalized spacial score (nSPS) is 20.7. The minimum absolute atomic E-state index is 0.0678. The first-order chi connectivity index (χ1) is 8.97. The highest BCUT2D eigenvalue weighted by molar-refractivity contribution is 7.95. The predicted molar refractivity (Wildman–Crippen MR) is 66.5 cm³/mol. The van der Waals surface area contributed by atoms with Crippen LogP contribution in [0, 0.1) is 0 Å². The van der Waals surface area contributed by atoms with E-state index in [-0.39, 0.29) is 6.61 Å². The van der Waals surface area contributed by atoms with Crippen molar-refractivity contribution >= 4 is 15.9 Å². The summed E-state index contributed by atoms with van der Waals surface area (Å²) >= 11 is 0. The number of alkyl carbamates (subject to hydrolysis) is 1. The second-order valence-corrected chi connectivity index (χ2v) is 6.02. The zero-order chi connectivity index (χ0) is 13.9. The standard InChI is InChI=1S/C12H12FNO4S/c13-11-6-10(8-19(11,16)17)14-12(15)18-7-9-4-2-1-3-5-9/h1-6,10H,7-8H2,(H,14,15)/t10-/m1/s1. The fraction of sp³-hybridized carbons (Fsp3) is 0.250. The molecule has 0 unspecified atom stereocenters. The summed E-state index contributed by atoms with van der Waals surface area (Å²) in [5.41, 5.74) is 0.804. The minimum Gasteiger partial charge on any atom is -0.445 e. The van der Waals surface area contributed by atoms with E-state index in [0.29, 0.717) is 0 Å². The van der Waals surface area contributed by atoms with Gasteiger partial charge in [-0.05, 0) is 11.6 Å². The number of amides is 1. The molecule has 0 aromatic heterocycles. The summed E-state index contributed by atoms with van der Waals surface area (Å²) in [6.07, 6.45) is 0.0778. The summed E-state index contributed by atoms with van der Waals surface area (Å²) in [5, 5.41) is 1.07. The van der Waals surface area contributed by atoms with Gasteiger partial charge in [0, 0.05) is 0 Å². The Morgan fingerprint density at radius 3 is 2.63 bits per heavy atom. The fourth-order valence-corrected chi connectivity index (χ4v) is 2.81. The second-order valence-electron chi connectivity index (χ2n) is 4.06. The van der Waals surface area contributed by atoms with Crippen molar-refractivity contribution < 1.29 is 22.3 Å². The van der Waals surface area contributed by atoms with E-state index in [2.05, 4.69) is 5.32 Å². The van der Waals surface area contributed by atoms with Crippen LogP contribution >= 0.6 is 0 Å². The third kappa shape index (κ3) is 3.54. The molecule has 0 spiro atoms. The van der Waals surface area contributed by atoms with Crippen molar-refractivity contribution in [2.45, 2.75) is 12.6 Å². The molecule has 5 nitrogen and oxygen atoms in total. The summed E-state index contributed by atoms with van der Waals surface area (Å²) in [7, 11) is -3.86. The molecule has 1 aliphatic rings. The van der Waals surface area contributed by atoms with Gasteiger partial charge < -0.3 is 10.1 Å². The molecular weight excluding hydrogens is 273 g/mol. The van der Waals surface area contributed by atoms with Crippen LogP contribution < -0.4 is 5.32 Å². The smallest absolute Gasteiger partial charge is 0.407 e. The Bertz CT molecular complexity index is 597. The Balaban J connectivity index is 1.83. The average Bonchev–Trinajstić information content (AvgIpc) is 2.61. The average molecular weight is 285 g/mol. The molecule has 1 heterocycles. The molecule has 102 valence electrons. The number of hydrogen-bond acceptors (Lipinski definition) is 4. The lowest BCUT2D eigenvalue weighted by Gasteiger charge is -2.10. The van der Waals surface area contributed by atoms with Crippen molar-refractivity contribution in [1.82, 2.24) is 5.32 Å². The Labute approximate surface area is 110 Å². The summed E-state index contributed by atoms with van der Waals surface area (Å²) in [6, 6.07) is 8.13. The minimum atomic E-state index is -3.86. The maximum Gasteiger partial charge on any atom is 0.407 e. The van der Waals surface area contributed by atoms with E-state index in [1.807, 2.05) is 6.07 Å². The second kappa shape index (κ2) is 5.40. The Morgan fingerprint density at radius 1 is 1.37 bits per heavy atom. The number of carbonyl (C=O) groups is 1. The van der Waals surface area contributed by atoms with Crippen LogP contribution in [0.3, 0.4) is 0 Å². The zero-order valence-corrected chi connectivity index (χ0v) is 10.7. The van der Waals surface area contributed by atoms with E-state index in [1.54, 1.807) is 24.3 Å². The predicted octanol–water partition coefficient (Wildman–Crippen LogP) is 1.52. The van der Waals surface area contributed by atoms with Gasteiger partial charge in [-0.1, -0.05) is 30.3 Å². The molecule has 7 heteroatoms. The van der Waals surface area contributed by atoms with Gasteiger partial charge in [0.05, 0.1) is 11.8 Å². The molecule has 1 aromatic carbocycles. The molecule has 2 rings (SSSR count). The van der Waals surface area contributed by atoms with Gasteiger partial charge in [0.1, 0.15) is 6.61 Å². The fourth-order valence-electron chi connectivity index (χ4n) is 1.63. The lowest BCUT2D eigenvalue weighted by molar-refractivity contribution is 0.138. The van der Waals surface area contributed by atoms with Crippen LogP contribution in [0.25, 0.3) is 0 Å². The Morgan fingerprint density at radius 2 is 2.05 bits per heavy atom. The van der Waals surface area contributed by atoms with Crippen molar-refractivity contribution in [3.05, 3.63) is 47.1 Å². The number of sulfone groups is 1. The molecule has 0 aliphatic carbocycles. The van der Waals surface area contributed by atoms with E-state index in [1.165, 1.54) is 0 Å². The highest BCUT2D eigenvalue weighted by atomic mass is 32.2. The number of halogens is 1. The molecule has 1 aliphatic heterocycles. The number of benzene rings is 1. The highest BCUT2D eigenvalue weighted by Crippen LogP contribution is 2.19. The SMILES string of the molecule is O=C(N[C@@H]1C=C(F)S(=O)(=O)C1)OCc1ccccc1. The monoisotopic (exact) mass is 285 g/mol. The van der Waals surface area contributed by atoms with Crippen LogP contribution in [0.5, 0.6) is 0 Å². The molecule has 1 amide bonds. The molecule has 0 radical (unpaired) electrons. The molecular formula is C12H12FNO4S. The van der Waals surface area contributed by atoms with E-state index < -0.39 is 32.9 Å². The van der Waals surface area contributed by atoms with Gasteiger partial charge in [-0.2, -0.15) is 4.39 Å². The molecule has 0 saturated carbocycles. The van der Waals surface area contributed by atoms with Crippen molar-refractivity contribution in [1.29, 1.82) is 0 Å². The van der Waals surface area contributed by atoms with Gasteiger partial charge in [0.25, 0.3) is 0 Å². The number of nitrogens with one attached hydrogen (secondary N) is 1. The number of ether oxygens (including phenoxy) is 1. The molecule has 19 heavy (non-hydrogen) atoms. The van der Waals surface area contributed by atoms with E-state index >= 15 is 0 Å². The number of carbonyl (C=O) groups excluding carboxylic acids is 1. The van der Waals surface area contributed by atoms with Gasteiger partial charge in [0.2, 0.25) is 15.0 Å². The van der Waals surface area contributed by atoms with E-state index in [4.69, 9.17) is 4.74 Å². The van der Waals surface area contributed by atoms with Crippen LogP contribution in [0.4, 0.5) is 9.18 Å². The molecule has 1 atom stereocenters. The quantitative estimate of drug-likeness (QED) is 0.914. The first-order valence-corrected chi connectivity index (χ1v) is 7.20. The van der Waals surface area contributed by atoms with Gasteiger partial charge in [-0.25, -0.2) is 13.2 Å². The third-order valence-electron chi connectivity index (χ3n) is 2.54. The summed E-state index contributed by atoms with van der Waals surface area (Å²) in [6.45, 7) is 0.0678. The van der Waals surface area contributed by atoms with Crippen LogP contribution in [-0.4, -0.2) is 26.3 Å². The summed E-state index contributed by atoms with van der Waals surface area (Å²) in [5.74, 6) is -0.473. The zero-order valence-electron chi connectivity index (χ0n) is 9.87. The van der Waals surface area contributed by atoms with Crippen molar-refractivity contribution in [3.8, 4) is 0 Å². The first kappa shape index (κ1) is 13.5. The first-order valence-electron chi connectivity index (χ1n) is 5.55. The Hall–Kier alpha value is -1.89. The number of hydrogen-bond donors (Lipinski definition) is 1. The van der Waals surface area contributed by atoms with Gasteiger partial charge in [-0.3, -0.25) is 0 Å². The lowest BCUT2D eigenvalue weighted by Crippen LogP contribution is -2.35. The molecule has 0 fully saturated rings. The Kier molecular flexibility index (Phi) is 3.84. The van der Waals surface area contributed by atoms with E-state index in [0.717, 1.165) is 11.6 Å². The lowest BCUT2D eigenvalue weighted by atomic mass is 10.2. The summed E-state index contributed by atoms with van der Waals surface area (Å²) in [4.78, 5) is 11.4. The maximum atomic E-state index is 12.9. The largest absolute Gasteiger partial charge is 0.445 e. The molecule has 1 aromatic rings. The van der Waals surface area contributed by atoms with Crippen LogP contribution in [-0.2, 0) is 21.2 Å². The van der Waals surface area contributed by atoms with Gasteiger partial charge in [-0.15, -0.1) is 0 Å². The van der Waals surface area contributed by atoms with Crippen LogP contribution in [0.2, 0.25) is 0 Å². The van der Waals surface area contributed by atoms with E-state index in [9.17, 15) is 17.6 Å². The topological polar surface area (TPSA) is 72.5 Å². The van der Waals surface area contributed by atoms with Crippen LogP contribution in [0.1, 0.15) is 5.56 Å². The van der Waals surface area contributed by atoms with Crippen molar-refractivity contribution in [3.63, 3.8) is 0 Å². The third-order valence-corrected chi connectivity index (χ3v) is 4.07. The van der Waals surface area contributed by atoms with Gasteiger partial charge >= 0.3 is 6.09 Å². The molecule has 0 saturated heterocycles. The van der Waals surface area contributed by atoms with Gasteiger partial charge in [0.15, 0.2) is 0 Å². The van der Waals surface area contributed by atoms with Crippen LogP contribution in [0.15, 0.2) is 41.6 Å². The molecule has 1 N–H and O–H groups in total. The number of rotatable bonds is 3. The highest BCUT2D eigenvalue weighted by Gasteiger charge is 2.31. The maximum absolute atomic E-state index is 12.9. The summed E-state index contributed by atoms with van der Waals surface area (Å²) < 4.78 is 40.0. The molecule has 0 bridgehead atoms. The van der Waals surface area contributed by atoms with Crippen molar-refractivity contribution in [2.75, 3.05) is 5.75 Å². The van der Waals surface area contributed by atoms with Crippen molar-refractivity contribution in [2.24, 2.45) is 0 Å².